The third kappa shape index (κ3) is 5.14. The summed E-state index contributed by atoms with van der Waals surface area (Å²) in [6, 6.07) is 7.91. The lowest BCUT2D eigenvalue weighted by Crippen LogP contribution is -2.47. The molecule has 7 nitrogen and oxygen atoms in total. The topological polar surface area (TPSA) is 73.5 Å². The van der Waals surface area contributed by atoms with Crippen LogP contribution in [0.5, 0.6) is 5.75 Å². The van der Waals surface area contributed by atoms with E-state index in [-0.39, 0.29) is 10.7 Å². The van der Waals surface area contributed by atoms with E-state index in [1.54, 1.807) is 13.2 Å². The summed E-state index contributed by atoms with van der Waals surface area (Å²) < 4.78 is 5.54. The first-order chi connectivity index (χ1) is 13.1. The number of ether oxygens (including phenoxy) is 1. The van der Waals surface area contributed by atoms with Crippen LogP contribution in [0.25, 0.3) is 0 Å². The molecule has 0 amide bonds. The molecule has 0 unspecified atom stereocenters. The fourth-order valence-electron chi connectivity index (χ4n) is 3.30. The van der Waals surface area contributed by atoms with Crippen LogP contribution in [0.2, 0.25) is 5.15 Å². The predicted molar refractivity (Wildman–Crippen MR) is 109 cm³/mol. The van der Waals surface area contributed by atoms with Crippen LogP contribution >= 0.6 is 11.6 Å². The Kier molecular flexibility index (Phi) is 6.58. The van der Waals surface area contributed by atoms with Gasteiger partial charge in [0.15, 0.2) is 5.15 Å². The van der Waals surface area contributed by atoms with Crippen molar-refractivity contribution in [3.8, 4) is 5.75 Å². The molecule has 0 spiro atoms. The molecule has 0 atom stereocenters. The number of hydrogen-bond acceptors (Lipinski definition) is 6. The van der Waals surface area contributed by atoms with Gasteiger partial charge in [0.25, 0.3) is 5.56 Å². The van der Waals surface area contributed by atoms with Gasteiger partial charge in [0.1, 0.15) is 11.4 Å². The van der Waals surface area contributed by atoms with Crippen molar-refractivity contribution in [1.29, 1.82) is 0 Å². The number of methoxy groups -OCH3 is 1. The quantitative estimate of drug-likeness (QED) is 0.706. The summed E-state index contributed by atoms with van der Waals surface area (Å²) in [5, 5.41) is 9.43. The molecule has 1 aromatic carbocycles. The second-order valence-corrected chi connectivity index (χ2v) is 7.11. The number of nitrogens with one attached hydrogen (secondary N) is 2. The van der Waals surface area contributed by atoms with E-state index < -0.39 is 0 Å². The SMILES string of the molecule is COc1cc(C)ccc1N1CCN(CCCNc2cc(Cl)n[nH]c2=O)CC1. The van der Waals surface area contributed by atoms with Gasteiger partial charge >= 0.3 is 0 Å². The minimum Gasteiger partial charge on any atom is -0.495 e. The van der Waals surface area contributed by atoms with Crippen molar-refractivity contribution in [1.82, 2.24) is 15.1 Å². The second kappa shape index (κ2) is 9.10. The Balaban J connectivity index is 1.43. The summed E-state index contributed by atoms with van der Waals surface area (Å²) in [6.45, 7) is 7.76. The molecule has 1 saturated heterocycles. The fraction of sp³-hybridized carbons (Fsp3) is 0.474. The van der Waals surface area contributed by atoms with E-state index in [2.05, 4.69) is 50.4 Å². The molecule has 0 radical (unpaired) electrons. The maximum absolute atomic E-state index is 11.6. The van der Waals surface area contributed by atoms with Gasteiger partial charge in [-0.2, -0.15) is 5.10 Å². The van der Waals surface area contributed by atoms with Gasteiger partial charge < -0.3 is 15.0 Å². The van der Waals surface area contributed by atoms with E-state index in [0.29, 0.717) is 5.69 Å². The lowest BCUT2D eigenvalue weighted by atomic mass is 10.1. The number of anilines is 2. The third-order valence-electron chi connectivity index (χ3n) is 4.79. The molecule has 1 aliphatic heterocycles. The molecule has 2 aromatic rings. The Morgan fingerprint density at radius 2 is 2.04 bits per heavy atom. The average molecular weight is 392 g/mol. The lowest BCUT2D eigenvalue weighted by Gasteiger charge is -2.36. The summed E-state index contributed by atoms with van der Waals surface area (Å²) >= 11 is 5.80. The number of hydrogen-bond donors (Lipinski definition) is 2. The van der Waals surface area contributed by atoms with E-state index >= 15 is 0 Å². The normalized spacial score (nSPS) is 15.0. The van der Waals surface area contributed by atoms with Crippen molar-refractivity contribution in [2.45, 2.75) is 13.3 Å². The number of aryl methyl sites for hydroxylation is 1. The number of nitrogens with zero attached hydrogens (tertiary/aromatic N) is 3. The van der Waals surface area contributed by atoms with Crippen LogP contribution in [0.4, 0.5) is 11.4 Å². The Morgan fingerprint density at radius 1 is 1.26 bits per heavy atom. The van der Waals surface area contributed by atoms with Crippen LogP contribution in [-0.4, -0.2) is 61.5 Å². The highest BCUT2D eigenvalue weighted by atomic mass is 35.5. The van der Waals surface area contributed by atoms with Gasteiger partial charge in [-0.05, 0) is 37.6 Å². The van der Waals surface area contributed by atoms with Gasteiger partial charge in [0.05, 0.1) is 12.8 Å². The summed E-state index contributed by atoms with van der Waals surface area (Å²) in [7, 11) is 1.72. The molecule has 8 heteroatoms. The molecule has 1 aliphatic rings. The van der Waals surface area contributed by atoms with Crippen LogP contribution in [0, 0.1) is 6.92 Å². The van der Waals surface area contributed by atoms with Gasteiger partial charge in [-0.1, -0.05) is 17.7 Å². The largest absolute Gasteiger partial charge is 0.495 e. The van der Waals surface area contributed by atoms with E-state index in [4.69, 9.17) is 16.3 Å². The fourth-order valence-corrected chi connectivity index (χ4v) is 3.45. The van der Waals surface area contributed by atoms with Crippen molar-refractivity contribution in [3.63, 3.8) is 0 Å². The number of rotatable bonds is 7. The molecule has 0 saturated carbocycles. The molecule has 146 valence electrons. The van der Waals surface area contributed by atoms with Crippen LogP contribution in [-0.2, 0) is 0 Å². The molecular weight excluding hydrogens is 366 g/mol. The van der Waals surface area contributed by atoms with E-state index in [9.17, 15) is 4.79 Å². The average Bonchev–Trinajstić information content (AvgIpc) is 2.68. The summed E-state index contributed by atoms with van der Waals surface area (Å²) in [4.78, 5) is 16.5. The van der Waals surface area contributed by atoms with Gasteiger partial charge in [-0.15, -0.1) is 0 Å². The van der Waals surface area contributed by atoms with Crippen LogP contribution in [0.3, 0.4) is 0 Å². The number of aromatic nitrogens is 2. The zero-order valence-electron chi connectivity index (χ0n) is 15.8. The number of halogens is 1. The van der Waals surface area contributed by atoms with Crippen molar-refractivity contribution < 1.29 is 4.74 Å². The van der Waals surface area contributed by atoms with E-state index in [0.717, 1.165) is 51.4 Å². The number of benzene rings is 1. The second-order valence-electron chi connectivity index (χ2n) is 6.72. The van der Waals surface area contributed by atoms with Gasteiger partial charge in [0, 0.05) is 38.8 Å². The molecule has 1 fully saturated rings. The molecule has 0 aliphatic carbocycles. The summed E-state index contributed by atoms with van der Waals surface area (Å²) in [5.41, 5.74) is 2.58. The highest BCUT2D eigenvalue weighted by Crippen LogP contribution is 2.29. The minimum atomic E-state index is -0.250. The summed E-state index contributed by atoms with van der Waals surface area (Å²) in [6.07, 6.45) is 0.952. The zero-order chi connectivity index (χ0) is 19.2. The highest BCUT2D eigenvalue weighted by molar-refractivity contribution is 6.29. The van der Waals surface area contributed by atoms with Crippen molar-refractivity contribution in [3.05, 3.63) is 45.3 Å². The van der Waals surface area contributed by atoms with Crippen molar-refractivity contribution >= 4 is 23.0 Å². The molecule has 27 heavy (non-hydrogen) atoms. The number of piperazine rings is 1. The molecule has 1 aromatic heterocycles. The molecule has 0 bridgehead atoms. The Bertz CT molecular complexity index is 818. The maximum atomic E-state index is 11.6. The highest BCUT2D eigenvalue weighted by Gasteiger charge is 2.19. The Hall–Kier alpha value is -2.25. The maximum Gasteiger partial charge on any atom is 0.287 e. The van der Waals surface area contributed by atoms with Crippen molar-refractivity contribution in [2.75, 3.05) is 56.6 Å². The van der Waals surface area contributed by atoms with E-state index in [1.807, 2.05) is 0 Å². The third-order valence-corrected chi connectivity index (χ3v) is 4.98. The van der Waals surface area contributed by atoms with Gasteiger partial charge in [-0.3, -0.25) is 9.69 Å². The number of aromatic amines is 1. The molecule has 2 N–H and O–H groups in total. The van der Waals surface area contributed by atoms with E-state index in [1.165, 1.54) is 11.3 Å². The van der Waals surface area contributed by atoms with Crippen molar-refractivity contribution in [2.24, 2.45) is 0 Å². The first kappa shape index (κ1) is 19.5. The Labute approximate surface area is 164 Å². The molecule has 2 heterocycles. The Morgan fingerprint density at radius 3 is 2.78 bits per heavy atom. The monoisotopic (exact) mass is 391 g/mol. The van der Waals surface area contributed by atoms with Gasteiger partial charge in [-0.25, -0.2) is 5.10 Å². The van der Waals surface area contributed by atoms with Crippen LogP contribution in [0.1, 0.15) is 12.0 Å². The smallest absolute Gasteiger partial charge is 0.287 e. The first-order valence-corrected chi connectivity index (χ1v) is 9.55. The van der Waals surface area contributed by atoms with Crippen LogP contribution < -0.4 is 20.5 Å². The zero-order valence-corrected chi connectivity index (χ0v) is 16.6. The number of H-pyrrole nitrogens is 1. The standard InChI is InChI=1S/C19H26ClN5O2/c1-14-4-5-16(17(12-14)27-2)25-10-8-24(9-11-25)7-3-6-21-15-13-18(20)22-23-19(15)26/h4-5,12-13H,3,6-11H2,1-2H3,(H,21,22)(H,23,26). The van der Waals surface area contributed by atoms with Gasteiger partial charge in [0.2, 0.25) is 0 Å². The minimum absolute atomic E-state index is 0.250. The first-order valence-electron chi connectivity index (χ1n) is 9.18. The molecular formula is C19H26ClN5O2. The molecule has 3 rings (SSSR count). The lowest BCUT2D eigenvalue weighted by molar-refractivity contribution is 0.256. The van der Waals surface area contributed by atoms with Crippen LogP contribution in [0.15, 0.2) is 29.1 Å². The predicted octanol–water partition coefficient (Wildman–Crippen LogP) is 2.36. The summed E-state index contributed by atoms with van der Waals surface area (Å²) in [5.74, 6) is 0.939.